The van der Waals surface area contributed by atoms with Crippen LogP contribution in [0.25, 0.3) is 0 Å². The number of Topliss-reactive ketones (excluding diaryl/α,β-unsaturated/α-hetero) is 1. The molecule has 0 aromatic heterocycles. The second-order valence-electron chi connectivity index (χ2n) is 5.29. The molecule has 0 fully saturated rings. The fraction of sp³-hybridized carbons (Fsp3) is 0.812. The van der Waals surface area contributed by atoms with E-state index >= 15 is 0 Å². The number of carbonyl (C=O) groups excluding carboxylic acids is 3. The largest absolute Gasteiger partial charge is 0.356 e. The number of hydrogen-bond donors (Lipinski definition) is 1. The third-order valence-electron chi connectivity index (χ3n) is 3.14. The van der Waals surface area contributed by atoms with Crippen LogP contribution in [0.3, 0.4) is 0 Å². The van der Waals surface area contributed by atoms with Crippen molar-refractivity contribution < 1.29 is 14.4 Å². The van der Waals surface area contributed by atoms with Crippen molar-refractivity contribution in [2.75, 3.05) is 12.3 Å². The van der Waals surface area contributed by atoms with Gasteiger partial charge in [0.05, 0.1) is 6.42 Å². The number of ketones is 1. The van der Waals surface area contributed by atoms with Gasteiger partial charge in [0.1, 0.15) is 5.78 Å². The minimum Gasteiger partial charge on any atom is -0.356 e. The lowest BCUT2D eigenvalue weighted by molar-refractivity contribution is -0.123. The molecule has 0 saturated carbocycles. The second-order valence-corrected chi connectivity index (χ2v) is 6.44. The number of thioether (sulfide) groups is 1. The third kappa shape index (κ3) is 15.4. The smallest absolute Gasteiger partial charge is 0.216 e. The van der Waals surface area contributed by atoms with Gasteiger partial charge in [-0.15, -0.1) is 0 Å². The van der Waals surface area contributed by atoms with Gasteiger partial charge >= 0.3 is 0 Å². The van der Waals surface area contributed by atoms with Crippen LogP contribution in [0, 0.1) is 0 Å². The maximum atomic E-state index is 11.6. The average molecular weight is 315 g/mol. The Morgan fingerprint density at radius 1 is 0.952 bits per heavy atom. The van der Waals surface area contributed by atoms with Crippen LogP contribution in [0.15, 0.2) is 0 Å². The summed E-state index contributed by atoms with van der Waals surface area (Å²) < 4.78 is 0. The fourth-order valence-corrected chi connectivity index (χ4v) is 2.67. The highest BCUT2D eigenvalue weighted by atomic mass is 32.2. The lowest BCUT2D eigenvalue weighted by atomic mass is 10.1. The molecule has 0 rings (SSSR count). The molecule has 0 bridgehead atoms. The zero-order valence-electron chi connectivity index (χ0n) is 13.4. The van der Waals surface area contributed by atoms with Crippen molar-refractivity contribution >= 4 is 28.6 Å². The second kappa shape index (κ2) is 14.1. The Labute approximate surface area is 132 Å². The van der Waals surface area contributed by atoms with Crippen molar-refractivity contribution in [3.63, 3.8) is 0 Å². The van der Waals surface area contributed by atoms with Gasteiger partial charge in [-0.25, -0.2) is 0 Å². The van der Waals surface area contributed by atoms with E-state index in [1.165, 1.54) is 39.0 Å². The summed E-state index contributed by atoms with van der Waals surface area (Å²) in [6.07, 6.45) is 8.80. The molecule has 0 aromatic rings. The van der Waals surface area contributed by atoms with Crippen LogP contribution in [0.1, 0.15) is 71.6 Å². The molecule has 122 valence electrons. The summed E-state index contributed by atoms with van der Waals surface area (Å²) in [6.45, 7) is 4.11. The molecule has 0 aliphatic carbocycles. The zero-order chi connectivity index (χ0) is 15.9. The maximum Gasteiger partial charge on any atom is 0.216 e. The third-order valence-corrected chi connectivity index (χ3v) is 4.01. The number of amides is 1. The van der Waals surface area contributed by atoms with Gasteiger partial charge in [0.25, 0.3) is 0 Å². The van der Waals surface area contributed by atoms with Crippen molar-refractivity contribution in [2.24, 2.45) is 0 Å². The van der Waals surface area contributed by atoms with E-state index in [1.807, 2.05) is 0 Å². The summed E-state index contributed by atoms with van der Waals surface area (Å²) in [5.41, 5.74) is 0. The van der Waals surface area contributed by atoms with E-state index < -0.39 is 0 Å². The Balaban J connectivity index is 3.43. The Morgan fingerprint density at radius 2 is 1.57 bits per heavy atom. The molecule has 0 unspecified atom stereocenters. The van der Waals surface area contributed by atoms with Crippen LogP contribution in [-0.4, -0.2) is 29.1 Å². The van der Waals surface area contributed by atoms with Gasteiger partial charge in [-0.3, -0.25) is 14.4 Å². The van der Waals surface area contributed by atoms with Gasteiger partial charge in [-0.05, 0) is 6.42 Å². The molecule has 0 heterocycles. The van der Waals surface area contributed by atoms with Gasteiger partial charge in [0.2, 0.25) is 5.91 Å². The first kappa shape index (κ1) is 20.2. The number of nitrogens with one attached hydrogen (secondary N) is 1. The van der Waals surface area contributed by atoms with Crippen LogP contribution >= 0.6 is 11.8 Å². The highest BCUT2D eigenvalue weighted by Gasteiger charge is 2.09. The predicted molar refractivity (Wildman–Crippen MR) is 88.4 cm³/mol. The van der Waals surface area contributed by atoms with Gasteiger partial charge < -0.3 is 5.32 Å². The first-order valence-corrected chi connectivity index (χ1v) is 8.96. The topological polar surface area (TPSA) is 63.2 Å². The van der Waals surface area contributed by atoms with E-state index in [4.69, 9.17) is 0 Å². The maximum absolute atomic E-state index is 11.6. The normalized spacial score (nSPS) is 10.4. The van der Waals surface area contributed by atoms with Crippen LogP contribution in [-0.2, 0) is 14.4 Å². The minimum atomic E-state index is -0.0990. The monoisotopic (exact) mass is 315 g/mol. The highest BCUT2D eigenvalue weighted by molar-refractivity contribution is 8.13. The van der Waals surface area contributed by atoms with E-state index in [9.17, 15) is 14.4 Å². The molecule has 0 radical (unpaired) electrons. The molecule has 0 aliphatic rings. The van der Waals surface area contributed by atoms with Crippen molar-refractivity contribution in [3.05, 3.63) is 0 Å². The van der Waals surface area contributed by atoms with Crippen molar-refractivity contribution in [1.82, 2.24) is 5.32 Å². The summed E-state index contributed by atoms with van der Waals surface area (Å²) in [5.74, 6) is 0.474. The van der Waals surface area contributed by atoms with Crippen molar-refractivity contribution in [1.29, 1.82) is 0 Å². The average Bonchev–Trinajstić information content (AvgIpc) is 2.42. The summed E-state index contributed by atoms with van der Waals surface area (Å²) in [5, 5.41) is 2.53. The van der Waals surface area contributed by atoms with Crippen LogP contribution in [0.2, 0.25) is 0 Å². The zero-order valence-corrected chi connectivity index (χ0v) is 14.2. The van der Waals surface area contributed by atoms with Gasteiger partial charge in [0, 0.05) is 25.6 Å². The molecule has 5 heteroatoms. The van der Waals surface area contributed by atoms with Crippen molar-refractivity contribution in [2.45, 2.75) is 71.6 Å². The molecule has 0 aliphatic heterocycles. The van der Waals surface area contributed by atoms with E-state index in [-0.39, 0.29) is 23.2 Å². The Morgan fingerprint density at radius 3 is 2.19 bits per heavy atom. The molecule has 0 spiro atoms. The first-order valence-electron chi connectivity index (χ1n) is 7.98. The van der Waals surface area contributed by atoms with Crippen LogP contribution < -0.4 is 5.32 Å². The Hall–Kier alpha value is -0.840. The van der Waals surface area contributed by atoms with Gasteiger partial charge in [-0.2, -0.15) is 0 Å². The molecule has 4 nitrogen and oxygen atoms in total. The summed E-state index contributed by atoms with van der Waals surface area (Å²) in [7, 11) is 0. The number of hydrogen-bond acceptors (Lipinski definition) is 4. The summed E-state index contributed by atoms with van der Waals surface area (Å²) in [6, 6.07) is 0. The lowest BCUT2D eigenvalue weighted by Crippen LogP contribution is -2.22. The van der Waals surface area contributed by atoms with E-state index in [2.05, 4.69) is 12.2 Å². The lowest BCUT2D eigenvalue weighted by Gasteiger charge is -2.03. The van der Waals surface area contributed by atoms with E-state index in [1.54, 1.807) is 0 Å². The standard InChI is InChI=1S/C16H29NO3S/c1-3-4-5-6-7-8-9-10-15(19)13-16(20)21-12-11-17-14(2)18/h3-13H2,1-2H3,(H,17,18). The molecule has 21 heavy (non-hydrogen) atoms. The van der Waals surface area contributed by atoms with Crippen LogP contribution in [0.4, 0.5) is 0 Å². The predicted octanol–water partition coefficient (Wildman–Crippen LogP) is 3.48. The van der Waals surface area contributed by atoms with Gasteiger partial charge in [-0.1, -0.05) is 57.2 Å². The molecule has 0 aromatic carbocycles. The molecule has 0 saturated heterocycles. The van der Waals surface area contributed by atoms with Crippen molar-refractivity contribution in [3.8, 4) is 0 Å². The number of rotatable bonds is 13. The number of carbonyl (C=O) groups is 3. The van der Waals surface area contributed by atoms with Crippen LogP contribution in [0.5, 0.6) is 0 Å². The van der Waals surface area contributed by atoms with E-state index in [0.29, 0.717) is 18.7 Å². The Kier molecular flexibility index (Phi) is 13.5. The SMILES string of the molecule is CCCCCCCCCC(=O)CC(=O)SCCNC(C)=O. The molecular weight excluding hydrogens is 286 g/mol. The van der Waals surface area contributed by atoms with Gasteiger partial charge in [0.15, 0.2) is 5.12 Å². The summed E-state index contributed by atoms with van der Waals surface area (Å²) in [4.78, 5) is 33.8. The minimum absolute atomic E-state index is 0.0283. The first-order chi connectivity index (χ1) is 10.1. The fourth-order valence-electron chi connectivity index (χ4n) is 1.97. The number of unbranched alkanes of at least 4 members (excludes halogenated alkanes) is 6. The molecular formula is C16H29NO3S. The molecule has 1 amide bonds. The van der Waals surface area contributed by atoms with E-state index in [0.717, 1.165) is 24.6 Å². The summed E-state index contributed by atoms with van der Waals surface area (Å²) >= 11 is 1.13. The molecule has 1 N–H and O–H groups in total. The highest BCUT2D eigenvalue weighted by Crippen LogP contribution is 2.11. The molecule has 0 atom stereocenters. The Bertz CT molecular complexity index is 319. The quantitative estimate of drug-likeness (QED) is 0.417.